The van der Waals surface area contributed by atoms with Gasteiger partial charge >= 0.3 is 0 Å². The van der Waals surface area contributed by atoms with E-state index in [1.54, 1.807) is 0 Å². The van der Waals surface area contributed by atoms with Crippen molar-refractivity contribution in [3.8, 4) is 34.0 Å². The van der Waals surface area contributed by atoms with Gasteiger partial charge in [0.15, 0.2) is 23.1 Å². The maximum Gasteiger partial charge on any atom is 0.201 e. The Labute approximate surface area is 262 Å². The molecule has 0 radical (unpaired) electrons. The van der Waals surface area contributed by atoms with E-state index in [0.717, 1.165) is 32.1 Å². The minimum Gasteiger partial charge on any atom is -0.490 e. The molecule has 0 bridgehead atoms. The molecule has 2 rings (SSSR count). The highest BCUT2D eigenvalue weighted by atomic mass is 28.3. The molecule has 0 aliphatic carbocycles. The van der Waals surface area contributed by atoms with Gasteiger partial charge in [-0.3, -0.25) is 0 Å². The summed E-state index contributed by atoms with van der Waals surface area (Å²) in [6.45, 7) is 14.9. The highest BCUT2D eigenvalue weighted by molar-refractivity contribution is 6.89. The Balaban J connectivity index is 1.65. The first kappa shape index (κ1) is 36.9. The number of nitrogens with zero attached hydrogens (tertiary/aromatic N) is 2. The Kier molecular flexibility index (Phi) is 17.1. The molecule has 2 aromatic rings. The van der Waals surface area contributed by atoms with Crippen molar-refractivity contribution in [1.29, 1.82) is 0 Å². The monoisotopic (exact) mass is 630 g/mol. The predicted molar refractivity (Wildman–Crippen MR) is 182 cm³/mol. The maximum absolute atomic E-state index is 14.8. The Bertz CT molecular complexity index is 1130. The lowest BCUT2D eigenvalue weighted by atomic mass is 10.1. The third-order valence-corrected chi connectivity index (χ3v) is 10.9. The van der Waals surface area contributed by atoms with Crippen LogP contribution >= 0.6 is 0 Å². The van der Waals surface area contributed by atoms with Crippen LogP contribution in [-0.4, -0.2) is 39.3 Å². The number of rotatable bonds is 21. The number of aromatic nitrogens is 2. The van der Waals surface area contributed by atoms with E-state index in [-0.39, 0.29) is 17.1 Å². The first-order valence-corrected chi connectivity index (χ1v) is 23.3. The molecule has 1 aromatic heterocycles. The van der Waals surface area contributed by atoms with Crippen LogP contribution < -0.4 is 9.47 Å². The van der Waals surface area contributed by atoms with Crippen molar-refractivity contribution in [2.24, 2.45) is 0 Å². The van der Waals surface area contributed by atoms with Crippen molar-refractivity contribution < 1.29 is 18.3 Å². The summed E-state index contributed by atoms with van der Waals surface area (Å²) >= 11 is 0. The number of ether oxygens (including phenoxy) is 2. The molecule has 8 heteroatoms. The summed E-state index contributed by atoms with van der Waals surface area (Å²) < 4.78 is 40.9. The van der Waals surface area contributed by atoms with Gasteiger partial charge in [-0.1, -0.05) is 117 Å². The zero-order chi connectivity index (χ0) is 31.6. The molecule has 43 heavy (non-hydrogen) atoms. The third kappa shape index (κ3) is 15.9. The van der Waals surface area contributed by atoms with E-state index in [2.05, 4.69) is 60.7 Å². The highest BCUT2D eigenvalue weighted by Crippen LogP contribution is 2.28. The lowest BCUT2D eigenvalue weighted by Gasteiger charge is -2.16. The van der Waals surface area contributed by atoms with Gasteiger partial charge in [-0.05, 0) is 31.0 Å². The van der Waals surface area contributed by atoms with Gasteiger partial charge in [-0.25, -0.2) is 14.4 Å². The summed E-state index contributed by atoms with van der Waals surface area (Å²) in [5, 5.41) is 0. The van der Waals surface area contributed by atoms with Crippen LogP contribution in [0.4, 0.5) is 8.78 Å². The van der Waals surface area contributed by atoms with E-state index >= 15 is 0 Å². The zero-order valence-corrected chi connectivity index (χ0v) is 29.8. The van der Waals surface area contributed by atoms with Crippen LogP contribution in [0.15, 0.2) is 24.5 Å². The Morgan fingerprint density at radius 2 is 1.19 bits per heavy atom. The molecule has 0 atom stereocenters. The number of hydrogen-bond acceptors (Lipinski definition) is 4. The molecule has 1 aromatic carbocycles. The van der Waals surface area contributed by atoms with E-state index in [0.29, 0.717) is 19.0 Å². The number of halogens is 2. The van der Waals surface area contributed by atoms with E-state index in [1.165, 1.54) is 88.4 Å². The molecule has 4 nitrogen and oxygen atoms in total. The topological polar surface area (TPSA) is 44.2 Å². The molecular formula is C35H56F2N2O2Si2. The molecule has 0 fully saturated rings. The molecule has 0 aliphatic rings. The zero-order valence-electron chi connectivity index (χ0n) is 27.8. The van der Waals surface area contributed by atoms with Crippen molar-refractivity contribution in [3.63, 3.8) is 0 Å². The predicted octanol–water partition coefficient (Wildman–Crippen LogP) is 10.8. The lowest BCUT2D eigenvalue weighted by Crippen LogP contribution is -2.26. The number of benzene rings is 1. The smallest absolute Gasteiger partial charge is 0.201 e. The van der Waals surface area contributed by atoms with Gasteiger partial charge in [-0.15, -0.1) is 11.1 Å². The van der Waals surface area contributed by atoms with Gasteiger partial charge in [0.25, 0.3) is 0 Å². The third-order valence-electron chi connectivity index (χ3n) is 7.41. The van der Waals surface area contributed by atoms with E-state index in [9.17, 15) is 8.78 Å². The summed E-state index contributed by atoms with van der Waals surface area (Å²) in [6.07, 6.45) is 19.5. The molecule has 0 amide bonds. The average Bonchev–Trinajstić information content (AvgIpc) is 2.96. The molecule has 0 spiro atoms. The second-order valence-corrected chi connectivity index (χ2v) is 22.7. The van der Waals surface area contributed by atoms with Crippen LogP contribution in [0.25, 0.3) is 11.4 Å². The first-order valence-electron chi connectivity index (χ1n) is 16.6. The molecule has 0 saturated heterocycles. The molecule has 240 valence electrons. The van der Waals surface area contributed by atoms with Crippen LogP contribution in [0, 0.1) is 22.7 Å². The summed E-state index contributed by atoms with van der Waals surface area (Å²) in [5.74, 6) is -1.41. The van der Waals surface area contributed by atoms with Crippen LogP contribution in [0.1, 0.15) is 96.8 Å². The first-order chi connectivity index (χ1) is 20.5. The van der Waals surface area contributed by atoms with Gasteiger partial charge in [0, 0.05) is 0 Å². The van der Waals surface area contributed by atoms with Crippen molar-refractivity contribution in [1.82, 2.24) is 9.97 Å². The second kappa shape index (κ2) is 19.9. The van der Waals surface area contributed by atoms with Gasteiger partial charge < -0.3 is 9.47 Å². The van der Waals surface area contributed by atoms with Gasteiger partial charge in [0.1, 0.15) is 16.1 Å². The van der Waals surface area contributed by atoms with Crippen molar-refractivity contribution in [2.75, 3.05) is 13.2 Å². The molecule has 0 saturated carbocycles. The van der Waals surface area contributed by atoms with E-state index in [1.807, 2.05) is 0 Å². The van der Waals surface area contributed by atoms with Crippen molar-refractivity contribution in [2.45, 2.75) is 136 Å². The van der Waals surface area contributed by atoms with E-state index in [4.69, 9.17) is 9.47 Å². The van der Waals surface area contributed by atoms with Gasteiger partial charge in [0.2, 0.25) is 5.82 Å². The van der Waals surface area contributed by atoms with Crippen LogP contribution in [-0.2, 0) is 0 Å². The van der Waals surface area contributed by atoms with Crippen molar-refractivity contribution in [3.05, 3.63) is 36.2 Å². The highest BCUT2D eigenvalue weighted by Gasteiger charge is 2.19. The Morgan fingerprint density at radius 3 is 1.77 bits per heavy atom. The standard InChI is InChI=1S/C35H56F2N2O2Si2/c1-7-8-9-10-11-12-15-18-23-40-30-28-38-35(39-29-30)31-21-22-32(34(37)33(31)36)41-24-19-16-13-14-17-20-25-43(5,6)27-26-42(2,3)4/h21-22,28-29H,7-20,23-25H2,1-6H3. The minimum absolute atomic E-state index is 0.0113. The summed E-state index contributed by atoms with van der Waals surface area (Å²) in [5.41, 5.74) is 7.21. The van der Waals surface area contributed by atoms with Crippen LogP contribution in [0.5, 0.6) is 11.5 Å². The summed E-state index contributed by atoms with van der Waals surface area (Å²) in [6, 6.07) is 4.19. The van der Waals surface area contributed by atoms with Crippen LogP contribution in [0.2, 0.25) is 38.8 Å². The fourth-order valence-corrected chi connectivity index (χ4v) is 8.86. The lowest BCUT2D eigenvalue weighted by molar-refractivity contribution is 0.285. The normalized spacial score (nSPS) is 11.7. The fourth-order valence-electron chi connectivity index (χ4n) is 4.75. The Hall–Kier alpha value is -2.25. The SMILES string of the molecule is CCCCCCCCCCOc1cnc(-c2ccc(OCCCCCCCC[Si](C)(C)C#C[Si](C)(C)C)c(F)c2F)nc1. The van der Waals surface area contributed by atoms with Gasteiger partial charge in [0.05, 0.1) is 31.2 Å². The number of hydrogen-bond donors (Lipinski definition) is 0. The summed E-state index contributed by atoms with van der Waals surface area (Å²) in [4.78, 5) is 8.40. The Morgan fingerprint density at radius 1 is 0.651 bits per heavy atom. The van der Waals surface area contributed by atoms with E-state index < -0.39 is 27.8 Å². The van der Waals surface area contributed by atoms with Gasteiger partial charge in [-0.2, -0.15) is 4.39 Å². The fraction of sp³-hybridized carbons (Fsp3) is 0.657. The summed E-state index contributed by atoms with van der Waals surface area (Å²) in [7, 11) is -2.70. The van der Waals surface area contributed by atoms with Crippen LogP contribution in [0.3, 0.4) is 0 Å². The molecule has 1 heterocycles. The number of unbranched alkanes of at least 4 members (excludes halogenated alkanes) is 12. The average molecular weight is 631 g/mol. The molecule has 0 unspecified atom stereocenters. The maximum atomic E-state index is 14.8. The molecular weight excluding hydrogens is 575 g/mol. The molecule has 0 N–H and O–H groups in total. The quantitative estimate of drug-likeness (QED) is 0.0782. The largest absolute Gasteiger partial charge is 0.490 e. The molecule has 0 aliphatic heterocycles. The minimum atomic E-state index is -1.41. The van der Waals surface area contributed by atoms with Crippen molar-refractivity contribution >= 4 is 16.1 Å². The second-order valence-electron chi connectivity index (χ2n) is 13.4.